The number of rotatable bonds is 3. The SMILES string of the molecule is CC(C)(C)N1C(=O)c2ccccc2NC(=O)C1C(=O)NCc1ccco1. The Morgan fingerprint density at radius 1 is 1.19 bits per heavy atom. The number of benzene rings is 1. The zero-order valence-corrected chi connectivity index (χ0v) is 14.9. The van der Waals surface area contributed by atoms with E-state index in [1.165, 1.54) is 11.2 Å². The first kappa shape index (κ1) is 17.7. The molecule has 2 N–H and O–H groups in total. The van der Waals surface area contributed by atoms with E-state index in [9.17, 15) is 14.4 Å². The number of hydrogen-bond acceptors (Lipinski definition) is 4. The largest absolute Gasteiger partial charge is 0.467 e. The second kappa shape index (κ2) is 6.67. The van der Waals surface area contributed by atoms with Gasteiger partial charge in [0.2, 0.25) is 0 Å². The highest BCUT2D eigenvalue weighted by molar-refractivity contribution is 6.18. The molecule has 2 heterocycles. The fourth-order valence-corrected chi connectivity index (χ4v) is 2.96. The van der Waals surface area contributed by atoms with Crippen molar-refractivity contribution in [1.29, 1.82) is 0 Å². The van der Waals surface area contributed by atoms with Crippen LogP contribution >= 0.6 is 0 Å². The van der Waals surface area contributed by atoms with Crippen LogP contribution in [0.25, 0.3) is 0 Å². The van der Waals surface area contributed by atoms with E-state index in [0.29, 0.717) is 17.0 Å². The number of para-hydroxylation sites is 1. The molecule has 1 aliphatic heterocycles. The maximum Gasteiger partial charge on any atom is 0.257 e. The monoisotopic (exact) mass is 355 g/mol. The quantitative estimate of drug-likeness (QED) is 0.826. The second-order valence-electron chi connectivity index (χ2n) is 7.08. The molecule has 26 heavy (non-hydrogen) atoms. The smallest absolute Gasteiger partial charge is 0.257 e. The molecule has 136 valence electrons. The molecule has 0 aliphatic carbocycles. The number of nitrogens with one attached hydrogen (secondary N) is 2. The van der Waals surface area contributed by atoms with E-state index in [0.717, 1.165) is 0 Å². The van der Waals surface area contributed by atoms with Gasteiger partial charge in [-0.15, -0.1) is 0 Å². The summed E-state index contributed by atoms with van der Waals surface area (Å²) in [7, 11) is 0. The fraction of sp³-hybridized carbons (Fsp3) is 0.316. The standard InChI is InChI=1S/C19H21N3O4/c1-19(2,3)22-15(16(23)20-11-12-7-6-10-26-12)17(24)21-14-9-5-4-8-13(14)18(22)25/h4-10,15H,11H2,1-3H3,(H,20,23)(H,21,24). The first-order valence-electron chi connectivity index (χ1n) is 8.32. The number of carbonyl (C=O) groups is 3. The highest BCUT2D eigenvalue weighted by atomic mass is 16.3. The Hall–Kier alpha value is -3.09. The van der Waals surface area contributed by atoms with Crippen LogP contribution < -0.4 is 10.6 Å². The van der Waals surface area contributed by atoms with Gasteiger partial charge in [-0.1, -0.05) is 12.1 Å². The van der Waals surface area contributed by atoms with Gasteiger partial charge in [0.15, 0.2) is 6.04 Å². The fourth-order valence-electron chi connectivity index (χ4n) is 2.96. The molecule has 1 aromatic heterocycles. The van der Waals surface area contributed by atoms with Crippen molar-refractivity contribution in [3.8, 4) is 0 Å². The van der Waals surface area contributed by atoms with Crippen molar-refractivity contribution in [3.05, 3.63) is 54.0 Å². The van der Waals surface area contributed by atoms with E-state index < -0.39 is 23.4 Å². The van der Waals surface area contributed by atoms with Crippen LogP contribution in [0.15, 0.2) is 47.1 Å². The molecular formula is C19H21N3O4. The molecule has 3 rings (SSSR count). The van der Waals surface area contributed by atoms with Crippen molar-refractivity contribution in [2.45, 2.75) is 38.9 Å². The Bertz CT molecular complexity index is 837. The van der Waals surface area contributed by atoms with Crippen molar-refractivity contribution in [2.24, 2.45) is 0 Å². The van der Waals surface area contributed by atoms with Crippen LogP contribution in [-0.2, 0) is 16.1 Å². The number of anilines is 1. The Labute approximate surface area is 151 Å². The van der Waals surface area contributed by atoms with Gasteiger partial charge in [0.05, 0.1) is 24.1 Å². The number of fused-ring (bicyclic) bond motifs is 1. The third-order valence-corrected chi connectivity index (χ3v) is 4.13. The predicted octanol–water partition coefficient (Wildman–Crippen LogP) is 2.16. The zero-order valence-electron chi connectivity index (χ0n) is 14.9. The summed E-state index contributed by atoms with van der Waals surface area (Å²) in [4.78, 5) is 40.0. The van der Waals surface area contributed by atoms with Crippen LogP contribution in [-0.4, -0.2) is 34.2 Å². The summed E-state index contributed by atoms with van der Waals surface area (Å²) in [6.45, 7) is 5.51. The minimum atomic E-state index is -1.29. The first-order chi connectivity index (χ1) is 12.3. The molecule has 0 fully saturated rings. The average Bonchev–Trinajstić information content (AvgIpc) is 3.05. The van der Waals surface area contributed by atoms with Crippen molar-refractivity contribution >= 4 is 23.4 Å². The van der Waals surface area contributed by atoms with Crippen molar-refractivity contribution in [3.63, 3.8) is 0 Å². The molecule has 1 atom stereocenters. The molecule has 1 unspecified atom stereocenters. The first-order valence-corrected chi connectivity index (χ1v) is 8.32. The maximum absolute atomic E-state index is 13.1. The number of nitrogens with zero attached hydrogens (tertiary/aromatic N) is 1. The van der Waals surface area contributed by atoms with E-state index in [1.807, 2.05) is 0 Å². The minimum absolute atomic E-state index is 0.134. The molecule has 0 radical (unpaired) electrons. The normalized spacial score (nSPS) is 17.3. The Morgan fingerprint density at radius 3 is 2.58 bits per heavy atom. The lowest BCUT2D eigenvalue weighted by Gasteiger charge is -2.38. The Balaban J connectivity index is 1.95. The highest BCUT2D eigenvalue weighted by Crippen LogP contribution is 2.28. The molecular weight excluding hydrogens is 334 g/mol. The van der Waals surface area contributed by atoms with Crippen LogP contribution in [0.5, 0.6) is 0 Å². The third-order valence-electron chi connectivity index (χ3n) is 4.13. The summed E-state index contributed by atoms with van der Waals surface area (Å²) in [6, 6.07) is 8.88. The molecule has 3 amide bonds. The summed E-state index contributed by atoms with van der Waals surface area (Å²) in [6.07, 6.45) is 1.50. The number of hydrogen-bond donors (Lipinski definition) is 2. The van der Waals surface area contributed by atoms with Gasteiger partial charge in [0.25, 0.3) is 17.7 Å². The van der Waals surface area contributed by atoms with Gasteiger partial charge in [-0.3, -0.25) is 14.4 Å². The summed E-state index contributed by atoms with van der Waals surface area (Å²) < 4.78 is 5.19. The second-order valence-corrected chi connectivity index (χ2v) is 7.08. The van der Waals surface area contributed by atoms with E-state index in [-0.39, 0.29) is 12.5 Å². The minimum Gasteiger partial charge on any atom is -0.467 e. The predicted molar refractivity (Wildman–Crippen MR) is 95.3 cm³/mol. The van der Waals surface area contributed by atoms with Crippen molar-refractivity contribution in [1.82, 2.24) is 10.2 Å². The van der Waals surface area contributed by atoms with Gasteiger partial charge >= 0.3 is 0 Å². The van der Waals surface area contributed by atoms with Crippen LogP contribution in [0, 0.1) is 0 Å². The van der Waals surface area contributed by atoms with Crippen molar-refractivity contribution in [2.75, 3.05) is 5.32 Å². The molecule has 7 heteroatoms. The Kier molecular flexibility index (Phi) is 4.54. The summed E-state index contributed by atoms with van der Waals surface area (Å²) >= 11 is 0. The average molecular weight is 355 g/mol. The lowest BCUT2D eigenvalue weighted by molar-refractivity contribution is -0.135. The molecule has 0 spiro atoms. The molecule has 2 aromatic rings. The van der Waals surface area contributed by atoms with Crippen LogP contribution in [0.2, 0.25) is 0 Å². The third kappa shape index (κ3) is 3.33. The van der Waals surface area contributed by atoms with Gasteiger partial charge in [0.1, 0.15) is 5.76 Å². The van der Waals surface area contributed by atoms with E-state index in [2.05, 4.69) is 10.6 Å². The molecule has 1 aliphatic rings. The van der Waals surface area contributed by atoms with Crippen LogP contribution in [0.1, 0.15) is 36.9 Å². The lowest BCUT2D eigenvalue weighted by atomic mass is 10.00. The zero-order chi connectivity index (χ0) is 18.9. The molecule has 1 aromatic carbocycles. The van der Waals surface area contributed by atoms with E-state index in [1.54, 1.807) is 57.2 Å². The highest BCUT2D eigenvalue weighted by Gasteiger charge is 2.44. The molecule has 7 nitrogen and oxygen atoms in total. The number of amides is 3. The molecule has 0 saturated carbocycles. The van der Waals surface area contributed by atoms with Gasteiger partial charge in [-0.2, -0.15) is 0 Å². The topological polar surface area (TPSA) is 91.7 Å². The molecule has 0 saturated heterocycles. The van der Waals surface area contributed by atoms with Crippen molar-refractivity contribution < 1.29 is 18.8 Å². The van der Waals surface area contributed by atoms with Crippen LogP contribution in [0.3, 0.4) is 0 Å². The van der Waals surface area contributed by atoms with Gasteiger partial charge in [-0.05, 0) is 45.0 Å². The van der Waals surface area contributed by atoms with Gasteiger partial charge in [0, 0.05) is 5.54 Å². The van der Waals surface area contributed by atoms with E-state index >= 15 is 0 Å². The van der Waals surface area contributed by atoms with Gasteiger partial charge in [-0.25, -0.2) is 0 Å². The maximum atomic E-state index is 13.1. The number of furan rings is 1. The van der Waals surface area contributed by atoms with Gasteiger partial charge < -0.3 is 20.0 Å². The molecule has 0 bridgehead atoms. The summed E-state index contributed by atoms with van der Waals surface area (Å²) in [5.74, 6) is -0.918. The summed E-state index contributed by atoms with van der Waals surface area (Å²) in [5, 5.41) is 5.37. The van der Waals surface area contributed by atoms with E-state index in [4.69, 9.17) is 4.42 Å². The number of carbonyl (C=O) groups excluding carboxylic acids is 3. The van der Waals surface area contributed by atoms with Crippen LogP contribution in [0.4, 0.5) is 5.69 Å². The Morgan fingerprint density at radius 2 is 1.92 bits per heavy atom. The lowest BCUT2D eigenvalue weighted by Crippen LogP contribution is -2.60. The summed E-state index contributed by atoms with van der Waals surface area (Å²) in [5.41, 5.74) is 0.0219.